The topological polar surface area (TPSA) is 62.8 Å². The van der Waals surface area contributed by atoms with Crippen LogP contribution in [0, 0.1) is 5.41 Å². The van der Waals surface area contributed by atoms with E-state index in [1.54, 1.807) is 13.4 Å². The number of aromatic amines is 1. The maximum atomic E-state index is 5.28. The normalized spacial score (nSPS) is 16.6. The summed E-state index contributed by atoms with van der Waals surface area (Å²) in [7, 11) is 1.78. The molecule has 23 heavy (non-hydrogen) atoms. The standard InChI is InChI=1S/C18H22N4O/c1-23-10-9-18(7-4-8-18)11-19-16-15-13-5-2-3-6-14(13)22-17(15)21-12-20-16/h2-3,5-6,12H,4,7-11H2,1H3,(H2,19,20,21,22). The Hall–Kier alpha value is -2.14. The molecule has 1 aliphatic rings. The van der Waals surface area contributed by atoms with E-state index in [-0.39, 0.29) is 0 Å². The molecular weight excluding hydrogens is 288 g/mol. The summed E-state index contributed by atoms with van der Waals surface area (Å²) in [6, 6.07) is 8.28. The van der Waals surface area contributed by atoms with Gasteiger partial charge in [0.05, 0.1) is 5.39 Å². The van der Waals surface area contributed by atoms with Gasteiger partial charge in [-0.25, -0.2) is 9.97 Å². The molecule has 4 rings (SSSR count). The van der Waals surface area contributed by atoms with E-state index < -0.39 is 0 Å². The summed E-state index contributed by atoms with van der Waals surface area (Å²) in [5.74, 6) is 0.927. The summed E-state index contributed by atoms with van der Waals surface area (Å²) in [5.41, 5.74) is 2.35. The van der Waals surface area contributed by atoms with Crippen molar-refractivity contribution in [2.24, 2.45) is 5.41 Å². The van der Waals surface area contributed by atoms with Gasteiger partial charge in [0.15, 0.2) is 0 Å². The lowest BCUT2D eigenvalue weighted by Crippen LogP contribution is -2.37. The molecule has 2 heterocycles. The van der Waals surface area contributed by atoms with Crippen LogP contribution in [0.5, 0.6) is 0 Å². The third-order valence-electron chi connectivity index (χ3n) is 5.18. The van der Waals surface area contributed by atoms with Crippen LogP contribution in [0.15, 0.2) is 30.6 Å². The van der Waals surface area contributed by atoms with Crippen LogP contribution in [-0.2, 0) is 4.74 Å². The van der Waals surface area contributed by atoms with Crippen molar-refractivity contribution >= 4 is 27.8 Å². The maximum absolute atomic E-state index is 5.28. The van der Waals surface area contributed by atoms with Gasteiger partial charge >= 0.3 is 0 Å². The van der Waals surface area contributed by atoms with Gasteiger partial charge in [0, 0.05) is 31.2 Å². The Morgan fingerprint density at radius 1 is 1.26 bits per heavy atom. The first-order chi connectivity index (χ1) is 11.3. The molecule has 3 aromatic rings. The number of rotatable bonds is 6. The van der Waals surface area contributed by atoms with Crippen LogP contribution in [0.2, 0.25) is 0 Å². The van der Waals surface area contributed by atoms with Gasteiger partial charge in [0.2, 0.25) is 0 Å². The van der Waals surface area contributed by atoms with Crippen molar-refractivity contribution in [2.75, 3.05) is 25.6 Å². The molecule has 1 saturated carbocycles. The molecular formula is C18H22N4O. The first-order valence-electron chi connectivity index (χ1n) is 8.26. The number of hydrogen-bond donors (Lipinski definition) is 2. The second kappa shape index (κ2) is 5.81. The minimum absolute atomic E-state index is 0.361. The van der Waals surface area contributed by atoms with Crippen LogP contribution < -0.4 is 5.32 Å². The molecule has 2 N–H and O–H groups in total. The fourth-order valence-corrected chi connectivity index (χ4v) is 3.59. The molecule has 0 atom stereocenters. The highest BCUT2D eigenvalue weighted by molar-refractivity contribution is 6.10. The Labute approximate surface area is 135 Å². The third kappa shape index (κ3) is 2.55. The van der Waals surface area contributed by atoms with Gasteiger partial charge in [0.25, 0.3) is 0 Å². The molecule has 120 valence electrons. The number of aromatic nitrogens is 3. The molecule has 5 nitrogen and oxygen atoms in total. The van der Waals surface area contributed by atoms with E-state index in [1.165, 1.54) is 24.6 Å². The van der Waals surface area contributed by atoms with Crippen molar-refractivity contribution in [3.63, 3.8) is 0 Å². The monoisotopic (exact) mass is 310 g/mol. The number of para-hydroxylation sites is 1. The van der Waals surface area contributed by atoms with Crippen LogP contribution in [0.4, 0.5) is 5.82 Å². The Bertz CT molecular complexity index is 822. The molecule has 0 amide bonds. The van der Waals surface area contributed by atoms with Gasteiger partial charge in [-0.05, 0) is 30.7 Å². The number of benzene rings is 1. The van der Waals surface area contributed by atoms with Crippen LogP contribution in [0.25, 0.3) is 21.9 Å². The van der Waals surface area contributed by atoms with Crippen molar-refractivity contribution in [3.8, 4) is 0 Å². The zero-order chi connectivity index (χ0) is 15.7. The van der Waals surface area contributed by atoms with Crippen LogP contribution in [0.1, 0.15) is 25.7 Å². The van der Waals surface area contributed by atoms with Crippen LogP contribution >= 0.6 is 0 Å². The Morgan fingerprint density at radius 2 is 2.13 bits per heavy atom. The highest BCUT2D eigenvalue weighted by Crippen LogP contribution is 2.44. The van der Waals surface area contributed by atoms with E-state index >= 15 is 0 Å². The molecule has 0 saturated heterocycles. The predicted octanol–water partition coefficient (Wildman–Crippen LogP) is 3.73. The minimum Gasteiger partial charge on any atom is -0.385 e. The molecule has 1 aromatic carbocycles. The lowest BCUT2D eigenvalue weighted by atomic mass is 9.67. The number of ether oxygens (including phenoxy) is 1. The number of fused-ring (bicyclic) bond motifs is 3. The maximum Gasteiger partial charge on any atom is 0.143 e. The molecule has 0 aliphatic heterocycles. The summed E-state index contributed by atoms with van der Waals surface area (Å²) in [4.78, 5) is 12.2. The van der Waals surface area contributed by atoms with E-state index in [9.17, 15) is 0 Å². The summed E-state index contributed by atoms with van der Waals surface area (Å²) in [6.07, 6.45) is 6.59. The predicted molar refractivity (Wildman–Crippen MR) is 92.7 cm³/mol. The Balaban J connectivity index is 1.64. The van der Waals surface area contributed by atoms with E-state index in [0.717, 1.165) is 41.9 Å². The van der Waals surface area contributed by atoms with Crippen molar-refractivity contribution in [3.05, 3.63) is 30.6 Å². The van der Waals surface area contributed by atoms with E-state index in [1.807, 2.05) is 6.07 Å². The second-order valence-corrected chi connectivity index (χ2v) is 6.57. The molecule has 0 radical (unpaired) electrons. The van der Waals surface area contributed by atoms with Gasteiger partial charge in [0.1, 0.15) is 17.8 Å². The number of nitrogens with one attached hydrogen (secondary N) is 2. The lowest BCUT2D eigenvalue weighted by molar-refractivity contribution is 0.0812. The lowest BCUT2D eigenvalue weighted by Gasteiger charge is -2.42. The first-order valence-corrected chi connectivity index (χ1v) is 8.26. The van der Waals surface area contributed by atoms with Crippen molar-refractivity contribution < 1.29 is 4.74 Å². The largest absolute Gasteiger partial charge is 0.385 e. The van der Waals surface area contributed by atoms with Crippen molar-refractivity contribution in [2.45, 2.75) is 25.7 Å². The quantitative estimate of drug-likeness (QED) is 0.728. The summed E-state index contributed by atoms with van der Waals surface area (Å²) in [5, 5.41) is 5.85. The number of H-pyrrole nitrogens is 1. The zero-order valence-electron chi connectivity index (χ0n) is 13.4. The van der Waals surface area contributed by atoms with E-state index in [0.29, 0.717) is 5.41 Å². The van der Waals surface area contributed by atoms with Gasteiger partial charge in [-0.1, -0.05) is 24.6 Å². The molecule has 5 heteroatoms. The SMILES string of the molecule is COCCC1(CNc2ncnc3[nH]c4ccccc4c23)CCC1. The Morgan fingerprint density at radius 3 is 2.91 bits per heavy atom. The zero-order valence-corrected chi connectivity index (χ0v) is 13.4. The van der Waals surface area contributed by atoms with Crippen LogP contribution in [0.3, 0.4) is 0 Å². The van der Waals surface area contributed by atoms with E-state index in [4.69, 9.17) is 4.74 Å². The number of nitrogens with zero attached hydrogens (tertiary/aromatic N) is 2. The van der Waals surface area contributed by atoms with Gasteiger partial charge in [-0.2, -0.15) is 0 Å². The summed E-state index contributed by atoms with van der Waals surface area (Å²) < 4.78 is 5.28. The smallest absolute Gasteiger partial charge is 0.143 e. The molecule has 1 aliphatic carbocycles. The van der Waals surface area contributed by atoms with Crippen LogP contribution in [-0.4, -0.2) is 35.2 Å². The molecule has 0 bridgehead atoms. The number of hydrogen-bond acceptors (Lipinski definition) is 4. The summed E-state index contributed by atoms with van der Waals surface area (Å²) in [6.45, 7) is 1.77. The number of anilines is 1. The highest BCUT2D eigenvalue weighted by Gasteiger charge is 2.36. The fraction of sp³-hybridized carbons (Fsp3) is 0.444. The second-order valence-electron chi connectivity index (χ2n) is 6.57. The summed E-state index contributed by atoms with van der Waals surface area (Å²) >= 11 is 0. The first kappa shape index (κ1) is 14.5. The Kier molecular flexibility index (Phi) is 3.65. The minimum atomic E-state index is 0.361. The number of methoxy groups -OCH3 is 1. The fourth-order valence-electron chi connectivity index (χ4n) is 3.59. The average Bonchev–Trinajstić information content (AvgIpc) is 2.93. The van der Waals surface area contributed by atoms with Gasteiger partial charge in [-0.15, -0.1) is 0 Å². The molecule has 2 aromatic heterocycles. The molecule has 0 spiro atoms. The third-order valence-corrected chi connectivity index (χ3v) is 5.18. The van der Waals surface area contributed by atoms with Crippen molar-refractivity contribution in [1.82, 2.24) is 15.0 Å². The highest BCUT2D eigenvalue weighted by atomic mass is 16.5. The van der Waals surface area contributed by atoms with Gasteiger partial charge in [-0.3, -0.25) is 0 Å². The van der Waals surface area contributed by atoms with Crippen molar-refractivity contribution in [1.29, 1.82) is 0 Å². The van der Waals surface area contributed by atoms with E-state index in [2.05, 4.69) is 38.5 Å². The molecule has 0 unspecified atom stereocenters. The average molecular weight is 310 g/mol. The molecule has 1 fully saturated rings. The van der Waals surface area contributed by atoms with Gasteiger partial charge < -0.3 is 15.0 Å².